The molecule has 0 saturated heterocycles. The summed E-state index contributed by atoms with van der Waals surface area (Å²) in [6.45, 7) is 0. The molecule has 96 valence electrons. The lowest BCUT2D eigenvalue weighted by atomic mass is 10.1. The molecule has 2 rings (SSSR count). The summed E-state index contributed by atoms with van der Waals surface area (Å²) in [5.41, 5.74) is -0.156. The Morgan fingerprint density at radius 1 is 1.33 bits per heavy atom. The number of benzene rings is 1. The highest BCUT2D eigenvalue weighted by atomic mass is 16.4. The van der Waals surface area contributed by atoms with Gasteiger partial charge in [0.05, 0.1) is 11.3 Å². The van der Waals surface area contributed by atoms with Crippen molar-refractivity contribution < 1.29 is 24.9 Å². The molecule has 1 unspecified atom stereocenters. The monoisotopic (exact) mass is 251 g/mol. The summed E-state index contributed by atoms with van der Waals surface area (Å²) in [6.07, 6.45) is 0.492. The van der Waals surface area contributed by atoms with Crippen LogP contribution in [0.2, 0.25) is 0 Å². The fourth-order valence-electron chi connectivity index (χ4n) is 1.65. The minimum atomic E-state index is -1.26. The van der Waals surface area contributed by atoms with Crippen LogP contribution in [0.5, 0.6) is 5.75 Å². The minimum absolute atomic E-state index is 0.0320. The molecule has 1 saturated carbocycles. The molecule has 0 spiro atoms. The van der Waals surface area contributed by atoms with Gasteiger partial charge in [-0.2, -0.15) is 0 Å². The molecule has 1 amide bonds. The van der Waals surface area contributed by atoms with Gasteiger partial charge in [-0.15, -0.1) is 0 Å². The zero-order chi connectivity index (χ0) is 13.3. The number of hydrogen-bond acceptors (Lipinski definition) is 4. The third kappa shape index (κ3) is 2.60. The Labute approximate surface area is 103 Å². The van der Waals surface area contributed by atoms with E-state index < -0.39 is 18.0 Å². The van der Waals surface area contributed by atoms with E-state index in [2.05, 4.69) is 5.32 Å². The van der Waals surface area contributed by atoms with Crippen molar-refractivity contribution >= 4 is 17.6 Å². The zero-order valence-electron chi connectivity index (χ0n) is 9.46. The van der Waals surface area contributed by atoms with Gasteiger partial charge in [0.25, 0.3) is 5.91 Å². The Bertz CT molecular complexity index is 495. The number of rotatable bonds is 4. The number of phenols is 1. The number of aromatic carboxylic acids is 1. The largest absolute Gasteiger partial charge is 0.508 e. The van der Waals surface area contributed by atoms with E-state index in [0.717, 1.165) is 18.9 Å². The summed E-state index contributed by atoms with van der Waals surface area (Å²) in [6, 6.07) is 3.60. The number of hydrogen-bond donors (Lipinski definition) is 4. The van der Waals surface area contributed by atoms with E-state index in [-0.39, 0.29) is 22.9 Å². The van der Waals surface area contributed by atoms with Crippen molar-refractivity contribution in [2.24, 2.45) is 5.92 Å². The van der Waals surface area contributed by atoms with Crippen LogP contribution in [0.25, 0.3) is 0 Å². The van der Waals surface area contributed by atoms with E-state index in [1.165, 1.54) is 12.1 Å². The molecule has 0 aromatic heterocycles. The number of carbonyl (C=O) groups is 2. The van der Waals surface area contributed by atoms with Crippen molar-refractivity contribution in [1.29, 1.82) is 0 Å². The van der Waals surface area contributed by atoms with E-state index in [0.29, 0.717) is 0 Å². The Morgan fingerprint density at radius 2 is 2.00 bits per heavy atom. The first-order chi connectivity index (χ1) is 8.49. The summed E-state index contributed by atoms with van der Waals surface area (Å²) < 4.78 is 0. The zero-order valence-corrected chi connectivity index (χ0v) is 9.46. The van der Waals surface area contributed by atoms with Gasteiger partial charge in [-0.05, 0) is 37.0 Å². The number of anilines is 1. The third-order valence-corrected chi connectivity index (χ3v) is 2.83. The first kappa shape index (κ1) is 12.4. The number of amides is 1. The van der Waals surface area contributed by atoms with Gasteiger partial charge in [0.2, 0.25) is 0 Å². The van der Waals surface area contributed by atoms with Crippen LogP contribution in [-0.4, -0.2) is 33.3 Å². The SMILES string of the molecule is O=C(O)c1cc(O)ccc1NC(=O)C(O)C1CC1. The normalized spacial score (nSPS) is 16.1. The molecule has 18 heavy (non-hydrogen) atoms. The molecule has 1 fully saturated rings. The average molecular weight is 251 g/mol. The van der Waals surface area contributed by atoms with Gasteiger partial charge in [0.15, 0.2) is 0 Å². The molecule has 0 heterocycles. The highest BCUT2D eigenvalue weighted by Gasteiger charge is 2.34. The summed E-state index contributed by atoms with van der Waals surface area (Å²) in [4.78, 5) is 22.6. The number of aromatic hydroxyl groups is 1. The minimum Gasteiger partial charge on any atom is -0.508 e. The molecule has 1 atom stereocenters. The van der Waals surface area contributed by atoms with E-state index >= 15 is 0 Å². The summed E-state index contributed by atoms with van der Waals surface area (Å²) in [5, 5.41) is 30.1. The Hall–Kier alpha value is -2.08. The van der Waals surface area contributed by atoms with Crippen LogP contribution in [0.4, 0.5) is 5.69 Å². The van der Waals surface area contributed by atoms with Gasteiger partial charge in [-0.25, -0.2) is 4.79 Å². The molecule has 0 bridgehead atoms. The van der Waals surface area contributed by atoms with Crippen LogP contribution in [0.3, 0.4) is 0 Å². The van der Waals surface area contributed by atoms with Crippen molar-refractivity contribution in [3.8, 4) is 5.75 Å². The van der Waals surface area contributed by atoms with E-state index in [4.69, 9.17) is 5.11 Å². The fourth-order valence-corrected chi connectivity index (χ4v) is 1.65. The molecule has 0 radical (unpaired) electrons. The van der Waals surface area contributed by atoms with Gasteiger partial charge in [0.1, 0.15) is 11.9 Å². The smallest absolute Gasteiger partial charge is 0.337 e. The van der Waals surface area contributed by atoms with Crippen molar-refractivity contribution in [3.05, 3.63) is 23.8 Å². The summed E-state index contributed by atoms with van der Waals surface area (Å²) in [7, 11) is 0. The van der Waals surface area contributed by atoms with Gasteiger partial charge in [0, 0.05) is 0 Å². The Balaban J connectivity index is 2.17. The standard InChI is InChI=1S/C12H13NO5/c14-7-3-4-9(8(5-7)12(17)18)13-11(16)10(15)6-1-2-6/h3-6,10,14-15H,1-2H2,(H,13,16)(H,17,18). The summed E-state index contributed by atoms with van der Waals surface area (Å²) >= 11 is 0. The van der Waals surface area contributed by atoms with E-state index in [1.807, 2.05) is 0 Å². The maximum atomic E-state index is 11.6. The quantitative estimate of drug-likeness (QED) is 0.592. The molecule has 1 aromatic carbocycles. The van der Waals surface area contributed by atoms with Crippen molar-refractivity contribution in [1.82, 2.24) is 0 Å². The molecule has 1 aliphatic carbocycles. The van der Waals surface area contributed by atoms with Crippen LogP contribution in [0, 0.1) is 5.92 Å². The Kier molecular flexibility index (Phi) is 3.20. The van der Waals surface area contributed by atoms with Crippen LogP contribution >= 0.6 is 0 Å². The highest BCUT2D eigenvalue weighted by Crippen LogP contribution is 2.33. The fraction of sp³-hybridized carbons (Fsp3) is 0.333. The van der Waals surface area contributed by atoms with Crippen molar-refractivity contribution in [2.75, 3.05) is 5.32 Å². The Morgan fingerprint density at radius 3 is 2.56 bits per heavy atom. The molecule has 4 N–H and O–H groups in total. The van der Waals surface area contributed by atoms with Crippen LogP contribution in [0.15, 0.2) is 18.2 Å². The molecule has 6 heteroatoms. The number of carbonyl (C=O) groups excluding carboxylic acids is 1. The second kappa shape index (κ2) is 4.66. The molecule has 6 nitrogen and oxygen atoms in total. The first-order valence-electron chi connectivity index (χ1n) is 5.54. The van der Waals surface area contributed by atoms with Gasteiger partial charge in [-0.1, -0.05) is 0 Å². The molecular weight excluding hydrogens is 238 g/mol. The molecular formula is C12H13NO5. The topological polar surface area (TPSA) is 107 Å². The predicted octanol–water partition coefficient (Wildman–Crippen LogP) is 0.800. The number of carboxylic acids is 1. The maximum Gasteiger partial charge on any atom is 0.337 e. The second-order valence-electron chi connectivity index (χ2n) is 4.31. The van der Waals surface area contributed by atoms with Gasteiger partial charge < -0.3 is 20.6 Å². The third-order valence-electron chi connectivity index (χ3n) is 2.83. The lowest BCUT2D eigenvalue weighted by molar-refractivity contribution is -0.124. The first-order valence-corrected chi connectivity index (χ1v) is 5.54. The summed E-state index contributed by atoms with van der Waals surface area (Å²) in [5.74, 6) is -2.11. The number of nitrogens with one attached hydrogen (secondary N) is 1. The highest BCUT2D eigenvalue weighted by molar-refractivity contribution is 6.02. The maximum absolute atomic E-state index is 11.6. The average Bonchev–Trinajstić information content (AvgIpc) is 3.14. The predicted molar refractivity (Wildman–Crippen MR) is 62.4 cm³/mol. The van der Waals surface area contributed by atoms with E-state index in [1.54, 1.807) is 0 Å². The number of carboxylic acid groups (broad SMARTS) is 1. The van der Waals surface area contributed by atoms with Crippen LogP contribution in [-0.2, 0) is 4.79 Å². The lowest BCUT2D eigenvalue weighted by Crippen LogP contribution is -2.29. The van der Waals surface area contributed by atoms with Crippen molar-refractivity contribution in [3.63, 3.8) is 0 Å². The number of phenolic OH excluding ortho intramolecular Hbond substituents is 1. The molecule has 0 aliphatic heterocycles. The number of aliphatic hydroxyl groups is 1. The number of aliphatic hydroxyl groups excluding tert-OH is 1. The van der Waals surface area contributed by atoms with Crippen molar-refractivity contribution in [2.45, 2.75) is 18.9 Å². The van der Waals surface area contributed by atoms with E-state index in [9.17, 15) is 19.8 Å². The van der Waals surface area contributed by atoms with Gasteiger partial charge >= 0.3 is 5.97 Å². The second-order valence-corrected chi connectivity index (χ2v) is 4.31. The van der Waals surface area contributed by atoms with Gasteiger partial charge in [-0.3, -0.25) is 4.79 Å². The molecule has 1 aromatic rings. The lowest BCUT2D eigenvalue weighted by Gasteiger charge is -2.12. The van der Waals surface area contributed by atoms with Crippen LogP contribution in [0.1, 0.15) is 23.2 Å². The molecule has 1 aliphatic rings. The van der Waals surface area contributed by atoms with Crippen LogP contribution < -0.4 is 5.32 Å².